The van der Waals surface area contributed by atoms with Crippen molar-refractivity contribution in [1.82, 2.24) is 15.0 Å². The SMILES string of the molecule is CCCNc1ncnc(NCc2cscn2)c1[N+](=O)[O-]. The van der Waals surface area contributed by atoms with Gasteiger partial charge in [0.25, 0.3) is 0 Å². The highest BCUT2D eigenvalue weighted by Gasteiger charge is 2.22. The molecule has 0 aliphatic heterocycles. The molecule has 2 aromatic heterocycles. The summed E-state index contributed by atoms with van der Waals surface area (Å²) >= 11 is 1.47. The second-order valence-corrected chi connectivity index (χ2v) is 4.66. The lowest BCUT2D eigenvalue weighted by atomic mass is 10.4. The molecule has 20 heavy (non-hydrogen) atoms. The highest BCUT2D eigenvalue weighted by atomic mass is 32.1. The molecule has 8 nitrogen and oxygen atoms in total. The fraction of sp³-hybridized carbons (Fsp3) is 0.364. The molecule has 0 aromatic carbocycles. The zero-order chi connectivity index (χ0) is 14.4. The smallest absolute Gasteiger partial charge is 0.353 e. The second-order valence-electron chi connectivity index (χ2n) is 3.94. The Balaban J connectivity index is 2.20. The lowest BCUT2D eigenvalue weighted by molar-refractivity contribution is -0.383. The fourth-order valence-corrected chi connectivity index (χ4v) is 2.11. The van der Waals surface area contributed by atoms with Crippen molar-refractivity contribution in [1.29, 1.82) is 0 Å². The summed E-state index contributed by atoms with van der Waals surface area (Å²) in [6.07, 6.45) is 2.15. The molecule has 2 heterocycles. The third-order valence-corrected chi connectivity index (χ3v) is 3.10. The van der Waals surface area contributed by atoms with Crippen LogP contribution in [0, 0.1) is 10.1 Å². The largest absolute Gasteiger partial charge is 0.364 e. The molecule has 0 atom stereocenters. The Morgan fingerprint density at radius 2 is 2.05 bits per heavy atom. The van der Waals surface area contributed by atoms with E-state index >= 15 is 0 Å². The van der Waals surface area contributed by atoms with Crippen molar-refractivity contribution >= 4 is 28.7 Å². The average molecular weight is 294 g/mol. The molecule has 0 amide bonds. The summed E-state index contributed by atoms with van der Waals surface area (Å²) < 4.78 is 0. The Morgan fingerprint density at radius 1 is 1.30 bits per heavy atom. The zero-order valence-corrected chi connectivity index (χ0v) is 11.7. The van der Waals surface area contributed by atoms with Crippen LogP contribution in [0.2, 0.25) is 0 Å². The number of nitrogens with zero attached hydrogens (tertiary/aromatic N) is 4. The van der Waals surface area contributed by atoms with Crippen LogP contribution >= 0.6 is 11.3 Å². The molecule has 0 unspecified atom stereocenters. The first kappa shape index (κ1) is 14.1. The Hall–Kier alpha value is -2.29. The highest BCUT2D eigenvalue weighted by Crippen LogP contribution is 2.29. The first-order chi connectivity index (χ1) is 9.72. The van der Waals surface area contributed by atoms with E-state index in [2.05, 4.69) is 25.6 Å². The van der Waals surface area contributed by atoms with Gasteiger partial charge < -0.3 is 10.6 Å². The van der Waals surface area contributed by atoms with Gasteiger partial charge in [-0.2, -0.15) is 0 Å². The summed E-state index contributed by atoms with van der Waals surface area (Å²) in [4.78, 5) is 22.7. The van der Waals surface area contributed by atoms with Crippen LogP contribution in [0.1, 0.15) is 19.0 Å². The minimum atomic E-state index is -0.485. The van der Waals surface area contributed by atoms with Gasteiger partial charge in [0, 0.05) is 11.9 Å². The van der Waals surface area contributed by atoms with E-state index in [4.69, 9.17) is 0 Å². The molecule has 0 saturated carbocycles. The Kier molecular flexibility index (Phi) is 4.77. The Morgan fingerprint density at radius 3 is 2.65 bits per heavy atom. The maximum Gasteiger partial charge on any atom is 0.353 e. The van der Waals surface area contributed by atoms with Gasteiger partial charge in [-0.1, -0.05) is 6.92 Å². The van der Waals surface area contributed by atoms with Crippen molar-refractivity contribution in [2.45, 2.75) is 19.9 Å². The summed E-state index contributed by atoms with van der Waals surface area (Å²) in [5.74, 6) is 0.421. The highest BCUT2D eigenvalue weighted by molar-refractivity contribution is 7.07. The van der Waals surface area contributed by atoms with Crippen molar-refractivity contribution in [3.05, 3.63) is 33.0 Å². The van der Waals surface area contributed by atoms with Crippen molar-refractivity contribution in [3.63, 3.8) is 0 Å². The van der Waals surface area contributed by atoms with E-state index in [1.165, 1.54) is 17.7 Å². The van der Waals surface area contributed by atoms with Gasteiger partial charge in [0.15, 0.2) is 0 Å². The molecule has 0 fully saturated rings. The van der Waals surface area contributed by atoms with E-state index in [-0.39, 0.29) is 17.3 Å². The van der Waals surface area contributed by atoms with Gasteiger partial charge in [-0.05, 0) is 6.42 Å². The van der Waals surface area contributed by atoms with E-state index in [0.29, 0.717) is 13.1 Å². The number of nitro groups is 1. The van der Waals surface area contributed by atoms with Gasteiger partial charge in [0.1, 0.15) is 6.33 Å². The molecule has 0 aliphatic carbocycles. The Labute approximate surface area is 119 Å². The first-order valence-corrected chi connectivity index (χ1v) is 7.00. The van der Waals surface area contributed by atoms with Gasteiger partial charge in [-0.3, -0.25) is 10.1 Å². The lowest BCUT2D eigenvalue weighted by Gasteiger charge is -2.08. The molecule has 2 N–H and O–H groups in total. The number of hydrogen-bond donors (Lipinski definition) is 2. The molecule has 0 radical (unpaired) electrons. The maximum atomic E-state index is 11.2. The molecular formula is C11H14N6O2S. The molecule has 106 valence electrons. The molecule has 0 aliphatic rings. The molecule has 9 heteroatoms. The monoisotopic (exact) mass is 294 g/mol. The van der Waals surface area contributed by atoms with Crippen LogP contribution in [-0.4, -0.2) is 26.4 Å². The number of aromatic nitrogens is 3. The van der Waals surface area contributed by atoms with Crippen LogP contribution in [0.3, 0.4) is 0 Å². The van der Waals surface area contributed by atoms with E-state index in [0.717, 1.165) is 12.1 Å². The zero-order valence-electron chi connectivity index (χ0n) is 10.9. The van der Waals surface area contributed by atoms with Crippen molar-refractivity contribution in [2.75, 3.05) is 17.2 Å². The van der Waals surface area contributed by atoms with E-state index in [1.807, 2.05) is 12.3 Å². The van der Waals surface area contributed by atoms with Crippen LogP contribution in [-0.2, 0) is 6.54 Å². The fourth-order valence-electron chi connectivity index (χ4n) is 1.55. The van der Waals surface area contributed by atoms with Crippen LogP contribution in [0.5, 0.6) is 0 Å². The number of anilines is 2. The van der Waals surface area contributed by atoms with E-state index in [1.54, 1.807) is 5.51 Å². The van der Waals surface area contributed by atoms with E-state index < -0.39 is 4.92 Å². The van der Waals surface area contributed by atoms with Crippen LogP contribution in [0.4, 0.5) is 17.3 Å². The third-order valence-electron chi connectivity index (χ3n) is 2.47. The van der Waals surface area contributed by atoms with Crippen LogP contribution < -0.4 is 10.6 Å². The third kappa shape index (κ3) is 3.38. The topological polar surface area (TPSA) is 106 Å². The minimum absolute atomic E-state index is 0.142. The summed E-state index contributed by atoms with van der Waals surface area (Å²) in [6.45, 7) is 2.97. The van der Waals surface area contributed by atoms with Crippen molar-refractivity contribution < 1.29 is 4.92 Å². The number of hydrogen-bond acceptors (Lipinski definition) is 8. The van der Waals surface area contributed by atoms with Crippen LogP contribution in [0.15, 0.2) is 17.2 Å². The molecule has 0 bridgehead atoms. The second kappa shape index (κ2) is 6.75. The molecular weight excluding hydrogens is 280 g/mol. The van der Waals surface area contributed by atoms with Crippen LogP contribution in [0.25, 0.3) is 0 Å². The number of thiazole rings is 1. The average Bonchev–Trinajstić information content (AvgIpc) is 2.95. The van der Waals surface area contributed by atoms with Gasteiger partial charge in [-0.15, -0.1) is 11.3 Å². The van der Waals surface area contributed by atoms with Crippen molar-refractivity contribution in [3.8, 4) is 0 Å². The molecule has 2 rings (SSSR count). The quantitative estimate of drug-likeness (QED) is 0.596. The van der Waals surface area contributed by atoms with Gasteiger partial charge in [0.05, 0.1) is 22.7 Å². The normalized spacial score (nSPS) is 10.2. The summed E-state index contributed by atoms with van der Waals surface area (Å²) in [5, 5.41) is 18.9. The van der Waals surface area contributed by atoms with Gasteiger partial charge in [-0.25, -0.2) is 15.0 Å². The van der Waals surface area contributed by atoms with Crippen molar-refractivity contribution in [2.24, 2.45) is 0 Å². The first-order valence-electron chi connectivity index (χ1n) is 6.06. The van der Waals surface area contributed by atoms with Gasteiger partial charge >= 0.3 is 5.69 Å². The molecule has 2 aromatic rings. The summed E-state index contributed by atoms with van der Waals surface area (Å²) in [5.41, 5.74) is 2.38. The Bertz CT molecular complexity index is 574. The van der Waals surface area contributed by atoms with Gasteiger partial charge in [0.2, 0.25) is 11.6 Å². The predicted molar refractivity (Wildman–Crippen MR) is 76.9 cm³/mol. The summed E-state index contributed by atoms with van der Waals surface area (Å²) in [6, 6.07) is 0. The summed E-state index contributed by atoms with van der Waals surface area (Å²) in [7, 11) is 0. The number of nitrogens with one attached hydrogen (secondary N) is 2. The predicted octanol–water partition coefficient (Wildman–Crippen LogP) is 2.28. The van der Waals surface area contributed by atoms with E-state index in [9.17, 15) is 10.1 Å². The molecule has 0 spiro atoms. The standard InChI is InChI=1S/C11H14N6O2S/c1-2-3-12-10-9(17(18)19)11(15-6-14-10)13-4-8-5-20-7-16-8/h5-7H,2-4H2,1H3,(H2,12,13,14,15). The molecule has 0 saturated heterocycles. The number of rotatable bonds is 7. The minimum Gasteiger partial charge on any atom is -0.364 e. The maximum absolute atomic E-state index is 11.2. The lowest BCUT2D eigenvalue weighted by Crippen LogP contribution is -2.10.